The van der Waals surface area contributed by atoms with Crippen LogP contribution in [-0.4, -0.2) is 28.8 Å². The van der Waals surface area contributed by atoms with E-state index in [0.717, 1.165) is 12.8 Å². The van der Waals surface area contributed by atoms with Crippen molar-refractivity contribution >= 4 is 5.91 Å². The molecular formula is C9H16N4O. The second-order valence-corrected chi connectivity index (χ2v) is 3.13. The van der Waals surface area contributed by atoms with Crippen LogP contribution < -0.4 is 11.1 Å². The summed E-state index contributed by atoms with van der Waals surface area (Å²) in [5.41, 5.74) is 5.79. The van der Waals surface area contributed by atoms with Crippen molar-refractivity contribution in [1.29, 1.82) is 0 Å². The number of nitrogens with two attached hydrogens (primary N) is 1. The standard InChI is InChI=1S/C9H16N4O/c1-13-7-4-8(12-13)9(14)11-6-3-2-5-10/h4,7H,2-3,5-6,10H2,1H3,(H,11,14). The molecule has 5 nitrogen and oxygen atoms in total. The molecule has 0 radical (unpaired) electrons. The van der Waals surface area contributed by atoms with E-state index in [4.69, 9.17) is 5.73 Å². The van der Waals surface area contributed by atoms with E-state index in [9.17, 15) is 4.79 Å². The molecule has 1 heterocycles. The maximum Gasteiger partial charge on any atom is 0.271 e. The lowest BCUT2D eigenvalue weighted by atomic mass is 10.3. The van der Waals surface area contributed by atoms with Gasteiger partial charge in [0.05, 0.1) is 0 Å². The van der Waals surface area contributed by atoms with Crippen LogP contribution in [0.25, 0.3) is 0 Å². The van der Waals surface area contributed by atoms with E-state index in [-0.39, 0.29) is 5.91 Å². The molecule has 1 aromatic rings. The highest BCUT2D eigenvalue weighted by molar-refractivity contribution is 5.92. The fourth-order valence-electron chi connectivity index (χ4n) is 1.10. The lowest BCUT2D eigenvalue weighted by Crippen LogP contribution is -2.25. The number of amides is 1. The number of carbonyl (C=O) groups excluding carboxylic acids is 1. The van der Waals surface area contributed by atoms with Gasteiger partial charge in [0, 0.05) is 19.8 Å². The second-order valence-electron chi connectivity index (χ2n) is 3.13. The van der Waals surface area contributed by atoms with Gasteiger partial charge in [-0.1, -0.05) is 0 Å². The second kappa shape index (κ2) is 5.39. The van der Waals surface area contributed by atoms with Gasteiger partial charge < -0.3 is 11.1 Å². The smallest absolute Gasteiger partial charge is 0.271 e. The first-order valence-corrected chi connectivity index (χ1v) is 4.72. The molecule has 5 heteroatoms. The molecule has 0 spiro atoms. The summed E-state index contributed by atoms with van der Waals surface area (Å²) in [7, 11) is 1.78. The Morgan fingerprint density at radius 1 is 1.64 bits per heavy atom. The van der Waals surface area contributed by atoms with Gasteiger partial charge in [-0.15, -0.1) is 0 Å². The van der Waals surface area contributed by atoms with Crippen LogP contribution >= 0.6 is 0 Å². The lowest BCUT2D eigenvalue weighted by molar-refractivity contribution is 0.0947. The average molecular weight is 196 g/mol. The largest absolute Gasteiger partial charge is 0.351 e. The third-order valence-electron chi connectivity index (χ3n) is 1.86. The minimum atomic E-state index is -0.123. The number of hydrogen-bond donors (Lipinski definition) is 2. The molecule has 0 atom stereocenters. The normalized spacial score (nSPS) is 10.1. The minimum absolute atomic E-state index is 0.123. The summed E-state index contributed by atoms with van der Waals surface area (Å²) in [6.07, 6.45) is 3.59. The first kappa shape index (κ1) is 10.7. The van der Waals surface area contributed by atoms with Gasteiger partial charge in [0.2, 0.25) is 0 Å². The van der Waals surface area contributed by atoms with E-state index in [0.29, 0.717) is 18.8 Å². The Bertz CT molecular complexity index is 295. The summed E-state index contributed by atoms with van der Waals surface area (Å²) < 4.78 is 1.61. The summed E-state index contributed by atoms with van der Waals surface area (Å²) in [5, 5.41) is 6.77. The Hall–Kier alpha value is -1.36. The van der Waals surface area contributed by atoms with Gasteiger partial charge in [-0.3, -0.25) is 9.48 Å². The number of carbonyl (C=O) groups is 1. The highest BCUT2D eigenvalue weighted by Crippen LogP contribution is 1.93. The van der Waals surface area contributed by atoms with Crippen molar-refractivity contribution in [3.63, 3.8) is 0 Å². The van der Waals surface area contributed by atoms with E-state index in [1.807, 2.05) is 0 Å². The van der Waals surface area contributed by atoms with Gasteiger partial charge in [-0.05, 0) is 25.5 Å². The molecule has 0 saturated carbocycles. The number of nitrogens with one attached hydrogen (secondary N) is 1. The Morgan fingerprint density at radius 2 is 2.43 bits per heavy atom. The molecule has 1 rings (SSSR count). The van der Waals surface area contributed by atoms with Crippen LogP contribution in [0.2, 0.25) is 0 Å². The Morgan fingerprint density at radius 3 is 3.00 bits per heavy atom. The number of hydrogen-bond acceptors (Lipinski definition) is 3. The van der Waals surface area contributed by atoms with Gasteiger partial charge in [-0.2, -0.15) is 5.10 Å². The SMILES string of the molecule is Cn1ccc(C(=O)NCCCCN)n1. The van der Waals surface area contributed by atoms with Gasteiger partial charge in [0.15, 0.2) is 0 Å². The molecule has 3 N–H and O–H groups in total. The van der Waals surface area contributed by atoms with Crippen molar-refractivity contribution in [3.8, 4) is 0 Å². The van der Waals surface area contributed by atoms with E-state index in [1.54, 1.807) is 24.0 Å². The van der Waals surface area contributed by atoms with E-state index in [2.05, 4.69) is 10.4 Å². The average Bonchev–Trinajstić information content (AvgIpc) is 2.59. The lowest BCUT2D eigenvalue weighted by Gasteiger charge is -2.01. The van der Waals surface area contributed by atoms with Crippen molar-refractivity contribution in [1.82, 2.24) is 15.1 Å². The van der Waals surface area contributed by atoms with Crippen LogP contribution in [0.3, 0.4) is 0 Å². The predicted octanol–water partition coefficient (Wildman–Crippen LogP) is -0.111. The molecule has 1 amide bonds. The highest BCUT2D eigenvalue weighted by atomic mass is 16.1. The molecule has 78 valence electrons. The van der Waals surface area contributed by atoms with Crippen molar-refractivity contribution in [2.24, 2.45) is 12.8 Å². The highest BCUT2D eigenvalue weighted by Gasteiger charge is 2.06. The monoisotopic (exact) mass is 196 g/mol. The molecular weight excluding hydrogens is 180 g/mol. The topological polar surface area (TPSA) is 72.9 Å². The maximum atomic E-state index is 11.4. The molecule has 0 unspecified atom stereocenters. The van der Waals surface area contributed by atoms with Crippen molar-refractivity contribution in [3.05, 3.63) is 18.0 Å². The summed E-state index contributed by atoms with van der Waals surface area (Å²) in [4.78, 5) is 11.4. The van der Waals surface area contributed by atoms with Crippen molar-refractivity contribution < 1.29 is 4.79 Å². The summed E-state index contributed by atoms with van der Waals surface area (Å²) in [6.45, 7) is 1.33. The zero-order valence-corrected chi connectivity index (χ0v) is 8.36. The Kier molecular flexibility index (Phi) is 4.12. The zero-order valence-electron chi connectivity index (χ0n) is 8.36. The molecule has 0 aliphatic rings. The van der Waals surface area contributed by atoms with Crippen LogP contribution in [0.5, 0.6) is 0 Å². The molecule has 0 saturated heterocycles. The first-order valence-electron chi connectivity index (χ1n) is 4.72. The van der Waals surface area contributed by atoms with E-state index >= 15 is 0 Å². The summed E-state index contributed by atoms with van der Waals surface area (Å²) in [5.74, 6) is -0.123. The third-order valence-corrected chi connectivity index (χ3v) is 1.86. The van der Waals surface area contributed by atoms with Crippen LogP contribution in [-0.2, 0) is 7.05 Å². The molecule has 14 heavy (non-hydrogen) atoms. The number of aryl methyl sites for hydroxylation is 1. The number of nitrogens with zero attached hydrogens (tertiary/aromatic N) is 2. The van der Waals surface area contributed by atoms with Crippen molar-refractivity contribution in [2.45, 2.75) is 12.8 Å². The molecule has 0 aliphatic carbocycles. The maximum absolute atomic E-state index is 11.4. The van der Waals surface area contributed by atoms with Gasteiger partial charge in [0.1, 0.15) is 5.69 Å². The summed E-state index contributed by atoms with van der Waals surface area (Å²) in [6, 6.07) is 1.69. The number of aromatic nitrogens is 2. The quantitative estimate of drug-likeness (QED) is 0.645. The van der Waals surface area contributed by atoms with Crippen LogP contribution in [0.1, 0.15) is 23.3 Å². The number of rotatable bonds is 5. The van der Waals surface area contributed by atoms with Crippen LogP contribution in [0.15, 0.2) is 12.3 Å². The van der Waals surface area contributed by atoms with E-state index < -0.39 is 0 Å². The van der Waals surface area contributed by atoms with E-state index in [1.165, 1.54) is 0 Å². The van der Waals surface area contributed by atoms with Crippen molar-refractivity contribution in [2.75, 3.05) is 13.1 Å². The number of unbranched alkanes of at least 4 members (excludes halogenated alkanes) is 1. The Labute approximate surface area is 83.3 Å². The van der Waals surface area contributed by atoms with Gasteiger partial charge >= 0.3 is 0 Å². The van der Waals surface area contributed by atoms with Gasteiger partial charge in [-0.25, -0.2) is 0 Å². The fraction of sp³-hybridized carbons (Fsp3) is 0.556. The molecule has 0 fully saturated rings. The minimum Gasteiger partial charge on any atom is -0.351 e. The predicted molar refractivity (Wildman–Crippen MR) is 53.8 cm³/mol. The molecule has 0 aromatic carbocycles. The fourth-order valence-corrected chi connectivity index (χ4v) is 1.10. The zero-order chi connectivity index (χ0) is 10.4. The Balaban J connectivity index is 2.29. The van der Waals surface area contributed by atoms with Crippen LogP contribution in [0.4, 0.5) is 0 Å². The van der Waals surface area contributed by atoms with Crippen LogP contribution in [0, 0.1) is 0 Å². The first-order chi connectivity index (χ1) is 6.74. The molecule has 1 aromatic heterocycles. The summed E-state index contributed by atoms with van der Waals surface area (Å²) >= 11 is 0. The third kappa shape index (κ3) is 3.18. The molecule has 0 aliphatic heterocycles. The van der Waals surface area contributed by atoms with Gasteiger partial charge in [0.25, 0.3) is 5.91 Å². The molecule has 0 bridgehead atoms.